The Kier molecular flexibility index (Phi) is 1.84. The summed E-state index contributed by atoms with van der Waals surface area (Å²) < 4.78 is 35.4. The summed E-state index contributed by atoms with van der Waals surface area (Å²) in [5.74, 6) is -1.09. The van der Waals surface area contributed by atoms with Crippen LogP contribution in [-0.2, 0) is 6.18 Å². The van der Waals surface area contributed by atoms with Crippen LogP contribution < -0.4 is 5.46 Å². The average molecular weight is 160 g/mol. The summed E-state index contributed by atoms with van der Waals surface area (Å²) in [6, 6.07) is 0. The molecule has 1 aromatic rings. The Balaban J connectivity index is 2.99. The zero-order chi connectivity index (χ0) is 8.48. The maximum Gasteiger partial charge on any atom is 0.451 e. The average Bonchev–Trinajstić information content (AvgIpc) is 1.86. The second-order valence-electron chi connectivity index (χ2n) is 2.08. The Morgan fingerprint density at radius 1 is 1.18 bits per heavy atom. The molecule has 0 amide bonds. The highest BCUT2D eigenvalue weighted by molar-refractivity contribution is 6.31. The SMILES string of the molecule is Bc1cnc(C(F)(F)F)nc1. The molecule has 0 bridgehead atoms. The van der Waals surface area contributed by atoms with Gasteiger partial charge in [0, 0.05) is 12.4 Å². The maximum atomic E-state index is 11.8. The van der Waals surface area contributed by atoms with E-state index in [0.717, 1.165) is 12.4 Å². The molecular formula is C5H4BF3N2. The molecule has 0 saturated heterocycles. The van der Waals surface area contributed by atoms with Crippen molar-refractivity contribution < 1.29 is 13.2 Å². The number of aromatic nitrogens is 2. The molecule has 0 atom stereocenters. The Labute approximate surface area is 61.9 Å². The fourth-order valence-corrected chi connectivity index (χ4v) is 0.539. The number of nitrogens with zero attached hydrogens (tertiary/aromatic N) is 2. The third-order valence-corrected chi connectivity index (χ3v) is 1.03. The van der Waals surface area contributed by atoms with Crippen LogP contribution in [0.15, 0.2) is 12.4 Å². The van der Waals surface area contributed by atoms with Gasteiger partial charge in [-0.25, -0.2) is 9.97 Å². The molecule has 0 aliphatic carbocycles. The largest absolute Gasteiger partial charge is 0.451 e. The van der Waals surface area contributed by atoms with Crippen molar-refractivity contribution in [3.8, 4) is 0 Å². The van der Waals surface area contributed by atoms with Crippen molar-refractivity contribution in [2.75, 3.05) is 0 Å². The first-order chi connectivity index (χ1) is 5.00. The van der Waals surface area contributed by atoms with Crippen LogP contribution in [-0.4, -0.2) is 17.8 Å². The van der Waals surface area contributed by atoms with E-state index >= 15 is 0 Å². The second-order valence-corrected chi connectivity index (χ2v) is 2.08. The standard InChI is InChI=1S/C5H4BF3N2/c6-3-1-10-4(11-2-3)5(7,8)9/h1-2H,6H2. The maximum absolute atomic E-state index is 11.8. The van der Waals surface area contributed by atoms with Crippen LogP contribution in [0.2, 0.25) is 0 Å². The minimum Gasteiger partial charge on any atom is -0.234 e. The lowest BCUT2D eigenvalue weighted by Crippen LogP contribution is -2.14. The highest BCUT2D eigenvalue weighted by Gasteiger charge is 2.33. The van der Waals surface area contributed by atoms with Gasteiger partial charge >= 0.3 is 6.18 Å². The second kappa shape index (κ2) is 2.52. The lowest BCUT2D eigenvalue weighted by Gasteiger charge is -2.02. The van der Waals surface area contributed by atoms with E-state index in [1.807, 2.05) is 0 Å². The Hall–Kier alpha value is -1.07. The zero-order valence-corrected chi connectivity index (χ0v) is 5.68. The van der Waals surface area contributed by atoms with E-state index in [1.165, 1.54) is 0 Å². The molecule has 0 spiro atoms. The summed E-state index contributed by atoms with van der Waals surface area (Å²) in [6.45, 7) is 0. The number of halogens is 3. The fraction of sp³-hybridized carbons (Fsp3) is 0.200. The van der Waals surface area contributed by atoms with E-state index in [0.29, 0.717) is 5.46 Å². The summed E-state index contributed by atoms with van der Waals surface area (Å²) in [5.41, 5.74) is 0.609. The Morgan fingerprint density at radius 2 is 1.64 bits per heavy atom. The molecule has 1 rings (SSSR count). The van der Waals surface area contributed by atoms with Crippen molar-refractivity contribution in [2.24, 2.45) is 0 Å². The monoisotopic (exact) mass is 160 g/mol. The Bertz CT molecular complexity index is 243. The molecule has 0 aliphatic rings. The van der Waals surface area contributed by atoms with Crippen molar-refractivity contribution in [3.63, 3.8) is 0 Å². The highest BCUT2D eigenvalue weighted by atomic mass is 19.4. The molecule has 11 heavy (non-hydrogen) atoms. The van der Waals surface area contributed by atoms with E-state index in [1.54, 1.807) is 7.85 Å². The molecule has 0 fully saturated rings. The van der Waals surface area contributed by atoms with E-state index in [4.69, 9.17) is 0 Å². The predicted molar refractivity (Wildman–Crippen MR) is 35.2 cm³/mol. The normalized spacial score (nSPS) is 11.5. The van der Waals surface area contributed by atoms with Crippen LogP contribution in [0, 0.1) is 0 Å². The molecule has 1 aromatic heterocycles. The van der Waals surface area contributed by atoms with Crippen molar-refractivity contribution in [2.45, 2.75) is 6.18 Å². The minimum absolute atomic E-state index is 0.609. The number of alkyl halides is 3. The molecule has 0 aliphatic heterocycles. The molecule has 1 heterocycles. The molecule has 0 N–H and O–H groups in total. The first kappa shape index (κ1) is 8.04. The van der Waals surface area contributed by atoms with Gasteiger partial charge in [0.25, 0.3) is 0 Å². The smallest absolute Gasteiger partial charge is 0.234 e. The lowest BCUT2D eigenvalue weighted by molar-refractivity contribution is -0.144. The first-order valence-electron chi connectivity index (χ1n) is 2.86. The van der Waals surface area contributed by atoms with Crippen LogP contribution in [0.5, 0.6) is 0 Å². The van der Waals surface area contributed by atoms with Gasteiger partial charge in [0.15, 0.2) is 0 Å². The van der Waals surface area contributed by atoms with Gasteiger partial charge in [-0.15, -0.1) is 0 Å². The van der Waals surface area contributed by atoms with E-state index in [-0.39, 0.29) is 0 Å². The molecular weight excluding hydrogens is 156 g/mol. The summed E-state index contributed by atoms with van der Waals surface area (Å²) in [4.78, 5) is 6.23. The highest BCUT2D eigenvalue weighted by Crippen LogP contribution is 2.24. The van der Waals surface area contributed by atoms with Gasteiger partial charge in [-0.2, -0.15) is 13.2 Å². The Morgan fingerprint density at radius 3 is 2.00 bits per heavy atom. The van der Waals surface area contributed by atoms with Crippen molar-refractivity contribution in [3.05, 3.63) is 18.2 Å². The van der Waals surface area contributed by atoms with Gasteiger partial charge in [0.05, 0.1) is 0 Å². The fourth-order valence-electron chi connectivity index (χ4n) is 0.539. The van der Waals surface area contributed by atoms with Crippen molar-refractivity contribution >= 4 is 13.3 Å². The zero-order valence-electron chi connectivity index (χ0n) is 5.68. The number of rotatable bonds is 0. The molecule has 6 heteroatoms. The van der Waals surface area contributed by atoms with Crippen LogP contribution in [0.3, 0.4) is 0 Å². The molecule has 0 aromatic carbocycles. The van der Waals surface area contributed by atoms with Gasteiger partial charge < -0.3 is 0 Å². The molecule has 58 valence electrons. The molecule has 0 radical (unpaired) electrons. The minimum atomic E-state index is -4.44. The van der Waals surface area contributed by atoms with Gasteiger partial charge in [-0.1, -0.05) is 5.46 Å². The quantitative estimate of drug-likeness (QED) is 0.489. The van der Waals surface area contributed by atoms with Crippen LogP contribution in [0.4, 0.5) is 13.2 Å². The molecule has 0 saturated carbocycles. The van der Waals surface area contributed by atoms with Crippen LogP contribution in [0.25, 0.3) is 0 Å². The van der Waals surface area contributed by atoms with Gasteiger partial charge in [-0.05, 0) is 0 Å². The molecule has 2 nitrogen and oxygen atoms in total. The summed E-state index contributed by atoms with van der Waals surface area (Å²) >= 11 is 0. The number of hydrogen-bond acceptors (Lipinski definition) is 2. The third-order valence-electron chi connectivity index (χ3n) is 1.03. The van der Waals surface area contributed by atoms with E-state index in [9.17, 15) is 13.2 Å². The number of hydrogen-bond donors (Lipinski definition) is 0. The van der Waals surface area contributed by atoms with Crippen molar-refractivity contribution in [1.29, 1.82) is 0 Å². The summed E-state index contributed by atoms with van der Waals surface area (Å²) in [6.07, 6.45) is -2.17. The van der Waals surface area contributed by atoms with Crippen LogP contribution in [0.1, 0.15) is 5.82 Å². The summed E-state index contributed by atoms with van der Waals surface area (Å²) in [7, 11) is 1.63. The van der Waals surface area contributed by atoms with Gasteiger partial charge in [-0.3, -0.25) is 0 Å². The third kappa shape index (κ3) is 1.93. The molecule has 0 unspecified atom stereocenters. The van der Waals surface area contributed by atoms with Gasteiger partial charge in [0.1, 0.15) is 7.85 Å². The summed E-state index contributed by atoms with van der Waals surface area (Å²) in [5, 5.41) is 0. The van der Waals surface area contributed by atoms with E-state index in [2.05, 4.69) is 9.97 Å². The van der Waals surface area contributed by atoms with Crippen LogP contribution >= 0.6 is 0 Å². The van der Waals surface area contributed by atoms with E-state index < -0.39 is 12.0 Å². The lowest BCUT2D eigenvalue weighted by atomic mass is 10.0. The van der Waals surface area contributed by atoms with Gasteiger partial charge in [0.2, 0.25) is 5.82 Å². The van der Waals surface area contributed by atoms with Crippen molar-refractivity contribution in [1.82, 2.24) is 9.97 Å². The predicted octanol–water partition coefficient (Wildman–Crippen LogP) is -0.246. The first-order valence-corrected chi connectivity index (χ1v) is 2.86. The topological polar surface area (TPSA) is 25.8 Å².